The number of amides is 1. The monoisotopic (exact) mass is 342 g/mol. The minimum Gasteiger partial charge on any atom is -0.396 e. The second-order valence-corrected chi connectivity index (χ2v) is 6.18. The summed E-state index contributed by atoms with van der Waals surface area (Å²) in [5, 5.41) is 13.9. The number of nitrogens with one attached hydrogen (secondary N) is 1. The molecule has 0 aliphatic heterocycles. The maximum Gasteiger partial charge on any atom is 0.268 e. The number of aliphatic hydroxyl groups excluding tert-OH is 1. The van der Waals surface area contributed by atoms with Gasteiger partial charge in [0.15, 0.2) is 0 Å². The minimum absolute atomic E-state index is 0.00453. The lowest BCUT2D eigenvalue weighted by Gasteiger charge is -2.18. The molecule has 124 valence electrons. The molecule has 1 amide bonds. The van der Waals surface area contributed by atoms with Gasteiger partial charge in [-0.15, -0.1) is 0 Å². The highest BCUT2D eigenvalue weighted by molar-refractivity contribution is 6.31. The average molecular weight is 343 g/mol. The van der Waals surface area contributed by atoms with E-state index in [0.29, 0.717) is 17.1 Å². The van der Waals surface area contributed by atoms with Crippen molar-refractivity contribution in [1.82, 2.24) is 9.88 Å². The molecule has 4 nitrogen and oxygen atoms in total. The highest BCUT2D eigenvalue weighted by Crippen LogP contribution is 2.23. The fourth-order valence-corrected chi connectivity index (χ4v) is 3.09. The maximum atomic E-state index is 12.7. The third-order valence-corrected chi connectivity index (χ3v) is 4.40. The number of hydrogen-bond acceptors (Lipinski definition) is 2. The van der Waals surface area contributed by atoms with Crippen LogP contribution in [-0.2, 0) is 7.05 Å². The normalized spacial score (nSPS) is 12.3. The van der Waals surface area contributed by atoms with Gasteiger partial charge in [0.1, 0.15) is 5.69 Å². The van der Waals surface area contributed by atoms with Gasteiger partial charge in [0.2, 0.25) is 0 Å². The molecule has 1 heterocycles. The van der Waals surface area contributed by atoms with E-state index in [-0.39, 0.29) is 18.6 Å². The quantitative estimate of drug-likeness (QED) is 0.743. The molecule has 2 N–H and O–H groups in total. The fraction of sp³-hybridized carbons (Fsp3) is 0.211. The Hall–Kier alpha value is -2.30. The van der Waals surface area contributed by atoms with Crippen molar-refractivity contribution in [2.24, 2.45) is 7.05 Å². The summed E-state index contributed by atoms with van der Waals surface area (Å²) in [7, 11) is 1.86. The van der Waals surface area contributed by atoms with Gasteiger partial charge in [-0.2, -0.15) is 0 Å². The number of aliphatic hydroxyl groups is 1. The van der Waals surface area contributed by atoms with Gasteiger partial charge in [-0.05, 0) is 36.2 Å². The zero-order valence-corrected chi connectivity index (χ0v) is 14.1. The van der Waals surface area contributed by atoms with E-state index in [1.807, 2.05) is 66.2 Å². The van der Waals surface area contributed by atoms with E-state index in [2.05, 4.69) is 5.32 Å². The Balaban J connectivity index is 1.89. The van der Waals surface area contributed by atoms with Gasteiger partial charge in [0.25, 0.3) is 5.91 Å². The van der Waals surface area contributed by atoms with E-state index < -0.39 is 0 Å². The Morgan fingerprint density at radius 3 is 2.67 bits per heavy atom. The van der Waals surface area contributed by atoms with Crippen molar-refractivity contribution in [3.8, 4) is 0 Å². The van der Waals surface area contributed by atoms with Crippen molar-refractivity contribution in [3.05, 3.63) is 70.9 Å². The maximum absolute atomic E-state index is 12.7. The lowest BCUT2D eigenvalue weighted by atomic mass is 10.0. The van der Waals surface area contributed by atoms with E-state index in [1.165, 1.54) is 0 Å². The number of halogens is 1. The van der Waals surface area contributed by atoms with Crippen molar-refractivity contribution in [3.63, 3.8) is 0 Å². The van der Waals surface area contributed by atoms with E-state index in [1.54, 1.807) is 0 Å². The molecule has 0 fully saturated rings. The van der Waals surface area contributed by atoms with Crippen LogP contribution in [0.4, 0.5) is 0 Å². The number of rotatable bonds is 5. The summed E-state index contributed by atoms with van der Waals surface area (Å²) in [5.41, 5.74) is 2.48. The Bertz CT molecular complexity index is 858. The number of fused-ring (bicyclic) bond motifs is 1. The SMILES string of the molecule is Cn1c(C(=O)NC(CCO)c2ccccc2)cc2cc(Cl)ccc21. The number of carbonyl (C=O) groups is 1. The van der Waals surface area contributed by atoms with Crippen molar-refractivity contribution in [2.75, 3.05) is 6.61 Å². The summed E-state index contributed by atoms with van der Waals surface area (Å²) in [6.07, 6.45) is 0.464. The molecule has 0 aliphatic rings. The van der Waals surface area contributed by atoms with Gasteiger partial charge < -0.3 is 15.0 Å². The van der Waals surface area contributed by atoms with E-state index in [4.69, 9.17) is 11.6 Å². The number of nitrogens with zero attached hydrogens (tertiary/aromatic N) is 1. The number of aromatic nitrogens is 1. The Labute approximate surface area is 145 Å². The molecule has 0 spiro atoms. The molecule has 1 unspecified atom stereocenters. The largest absolute Gasteiger partial charge is 0.396 e. The Kier molecular flexibility index (Phi) is 4.88. The number of carbonyl (C=O) groups excluding carboxylic acids is 1. The standard InChI is InChI=1S/C19H19ClN2O2/c1-22-17-8-7-15(20)11-14(17)12-18(22)19(24)21-16(9-10-23)13-5-3-2-4-6-13/h2-8,11-12,16,23H,9-10H2,1H3,(H,21,24). The van der Waals surface area contributed by atoms with Crippen LogP contribution in [0.1, 0.15) is 28.5 Å². The molecule has 3 aromatic rings. The van der Waals surface area contributed by atoms with Crippen LogP contribution in [-0.4, -0.2) is 22.2 Å². The lowest BCUT2D eigenvalue weighted by Crippen LogP contribution is -2.30. The summed E-state index contributed by atoms with van der Waals surface area (Å²) in [6.45, 7) is 0.00453. The molecule has 0 aliphatic carbocycles. The minimum atomic E-state index is -0.231. The predicted molar refractivity (Wildman–Crippen MR) is 96.3 cm³/mol. The van der Waals surface area contributed by atoms with Gasteiger partial charge in [-0.1, -0.05) is 41.9 Å². The first-order valence-corrected chi connectivity index (χ1v) is 8.19. The Morgan fingerprint density at radius 1 is 1.21 bits per heavy atom. The second kappa shape index (κ2) is 7.07. The van der Waals surface area contributed by atoms with Crippen LogP contribution in [0.5, 0.6) is 0 Å². The van der Waals surface area contributed by atoms with Crippen LogP contribution < -0.4 is 5.32 Å². The second-order valence-electron chi connectivity index (χ2n) is 5.74. The van der Waals surface area contributed by atoms with Crippen molar-refractivity contribution in [1.29, 1.82) is 0 Å². The fourth-order valence-electron chi connectivity index (χ4n) is 2.91. The van der Waals surface area contributed by atoms with Gasteiger partial charge >= 0.3 is 0 Å². The summed E-state index contributed by atoms with van der Waals surface area (Å²) >= 11 is 6.03. The number of hydrogen-bond donors (Lipinski definition) is 2. The molecule has 1 aromatic heterocycles. The smallest absolute Gasteiger partial charge is 0.268 e. The van der Waals surface area contributed by atoms with Crippen LogP contribution in [0.2, 0.25) is 5.02 Å². The molecule has 5 heteroatoms. The average Bonchev–Trinajstić information content (AvgIpc) is 2.91. The molecular formula is C19H19ClN2O2. The first kappa shape index (κ1) is 16.6. The van der Waals surface area contributed by atoms with E-state index >= 15 is 0 Å². The predicted octanol–water partition coefficient (Wildman–Crippen LogP) is 3.69. The molecule has 0 radical (unpaired) electrons. The topological polar surface area (TPSA) is 54.3 Å². The molecule has 24 heavy (non-hydrogen) atoms. The molecule has 1 atom stereocenters. The third kappa shape index (κ3) is 3.30. The summed E-state index contributed by atoms with van der Waals surface area (Å²) < 4.78 is 1.85. The molecule has 3 rings (SSSR count). The highest BCUT2D eigenvalue weighted by Gasteiger charge is 2.18. The van der Waals surface area contributed by atoms with Gasteiger partial charge in [-0.3, -0.25) is 4.79 Å². The lowest BCUT2D eigenvalue weighted by molar-refractivity contribution is 0.0922. The summed E-state index contributed by atoms with van der Waals surface area (Å²) in [5.74, 6) is -0.174. The van der Waals surface area contributed by atoms with Crippen molar-refractivity contribution < 1.29 is 9.90 Å². The highest BCUT2D eigenvalue weighted by atomic mass is 35.5. The van der Waals surface area contributed by atoms with E-state index in [0.717, 1.165) is 16.5 Å². The van der Waals surface area contributed by atoms with Crippen LogP contribution in [0.25, 0.3) is 10.9 Å². The molecule has 0 saturated heterocycles. The summed E-state index contributed by atoms with van der Waals surface area (Å²) in [6, 6.07) is 16.8. The zero-order chi connectivity index (χ0) is 17.1. The van der Waals surface area contributed by atoms with Gasteiger partial charge in [-0.25, -0.2) is 0 Å². The summed E-state index contributed by atoms with van der Waals surface area (Å²) in [4.78, 5) is 12.7. The van der Waals surface area contributed by atoms with Gasteiger partial charge in [0, 0.05) is 29.6 Å². The van der Waals surface area contributed by atoms with Crippen LogP contribution in [0, 0.1) is 0 Å². The van der Waals surface area contributed by atoms with Crippen molar-refractivity contribution in [2.45, 2.75) is 12.5 Å². The van der Waals surface area contributed by atoms with Gasteiger partial charge in [0.05, 0.1) is 6.04 Å². The third-order valence-electron chi connectivity index (χ3n) is 4.16. The van der Waals surface area contributed by atoms with Crippen LogP contribution in [0.3, 0.4) is 0 Å². The molecule has 0 saturated carbocycles. The Morgan fingerprint density at radius 2 is 1.96 bits per heavy atom. The van der Waals surface area contributed by atoms with Crippen LogP contribution >= 0.6 is 11.6 Å². The molecular weight excluding hydrogens is 324 g/mol. The molecule has 2 aromatic carbocycles. The number of benzene rings is 2. The van der Waals surface area contributed by atoms with Crippen LogP contribution in [0.15, 0.2) is 54.6 Å². The first-order chi connectivity index (χ1) is 11.6. The molecule has 0 bridgehead atoms. The zero-order valence-electron chi connectivity index (χ0n) is 13.4. The van der Waals surface area contributed by atoms with Crippen molar-refractivity contribution >= 4 is 28.4 Å². The van der Waals surface area contributed by atoms with E-state index in [9.17, 15) is 9.90 Å². The number of aryl methyl sites for hydroxylation is 1. The first-order valence-electron chi connectivity index (χ1n) is 7.82.